The molecule has 1 amide bonds. The largest absolute Gasteiger partial charge is 0.368 e. The number of nitrogens with one attached hydrogen (secondary N) is 2. The molecule has 2 N–H and O–H groups in total. The molecule has 0 spiro atoms. The first-order valence-electron chi connectivity index (χ1n) is 9.29. The normalized spacial score (nSPS) is 16.4. The second-order valence-electron chi connectivity index (χ2n) is 6.55. The smallest absolute Gasteiger partial charge is 0.221 e. The molecule has 2 rings (SSSR count). The Morgan fingerprint density at radius 2 is 2.04 bits per heavy atom. The van der Waals surface area contributed by atoms with Gasteiger partial charge in [0, 0.05) is 62.9 Å². The number of amides is 1. The molecule has 0 aromatic heterocycles. The van der Waals surface area contributed by atoms with Gasteiger partial charge in [-0.1, -0.05) is 24.6 Å². The molecule has 6 nitrogen and oxygen atoms in total. The van der Waals surface area contributed by atoms with E-state index >= 15 is 0 Å². The van der Waals surface area contributed by atoms with Crippen molar-refractivity contribution >= 4 is 29.2 Å². The molecule has 1 aromatic carbocycles. The van der Waals surface area contributed by atoms with Crippen molar-refractivity contribution < 1.29 is 4.79 Å². The summed E-state index contributed by atoms with van der Waals surface area (Å²) in [6, 6.07) is 8.19. The summed E-state index contributed by atoms with van der Waals surface area (Å²) in [5, 5.41) is 7.04. The van der Waals surface area contributed by atoms with Gasteiger partial charge in [-0.3, -0.25) is 9.79 Å². The van der Waals surface area contributed by atoms with Crippen LogP contribution in [0.15, 0.2) is 29.3 Å². The van der Waals surface area contributed by atoms with Crippen molar-refractivity contribution in [2.24, 2.45) is 4.99 Å². The minimum absolute atomic E-state index is 0.0769. The standard InChI is InChI=1S/C19H30ClN5O/c1-4-15(2)23-18(26)8-9-22-19(21-3)25-12-10-24(11-13-25)17-7-5-6-16(20)14-17/h5-7,14-15H,4,8-13H2,1-3H3,(H,21,22)(H,23,26). The number of nitrogens with zero attached hydrogens (tertiary/aromatic N) is 3. The highest BCUT2D eigenvalue weighted by Gasteiger charge is 2.20. The highest BCUT2D eigenvalue weighted by molar-refractivity contribution is 6.30. The van der Waals surface area contributed by atoms with Crippen LogP contribution in [-0.4, -0.2) is 62.6 Å². The van der Waals surface area contributed by atoms with E-state index in [4.69, 9.17) is 11.6 Å². The SMILES string of the molecule is CCC(C)NC(=O)CCNC(=NC)N1CCN(c2cccc(Cl)c2)CC1. The van der Waals surface area contributed by atoms with E-state index in [9.17, 15) is 4.79 Å². The summed E-state index contributed by atoms with van der Waals surface area (Å²) in [4.78, 5) is 20.8. The zero-order valence-corrected chi connectivity index (χ0v) is 16.7. The Morgan fingerprint density at radius 1 is 1.31 bits per heavy atom. The molecule has 144 valence electrons. The Labute approximate surface area is 161 Å². The van der Waals surface area contributed by atoms with Crippen LogP contribution in [0.3, 0.4) is 0 Å². The van der Waals surface area contributed by atoms with Gasteiger partial charge in [0.25, 0.3) is 0 Å². The molecule has 1 unspecified atom stereocenters. The predicted molar refractivity (Wildman–Crippen MR) is 109 cm³/mol. The van der Waals surface area contributed by atoms with Crippen molar-refractivity contribution in [2.75, 3.05) is 44.7 Å². The maximum absolute atomic E-state index is 11.9. The second kappa shape index (κ2) is 10.3. The Kier molecular flexibility index (Phi) is 8.04. The molecule has 1 saturated heterocycles. The van der Waals surface area contributed by atoms with Crippen LogP contribution in [0.1, 0.15) is 26.7 Å². The molecule has 1 heterocycles. The summed E-state index contributed by atoms with van der Waals surface area (Å²) < 4.78 is 0. The molecule has 0 saturated carbocycles. The zero-order valence-electron chi connectivity index (χ0n) is 16.0. The summed E-state index contributed by atoms with van der Waals surface area (Å²) in [5.74, 6) is 0.931. The fraction of sp³-hybridized carbons (Fsp3) is 0.579. The fourth-order valence-corrected chi connectivity index (χ4v) is 3.10. The lowest BCUT2D eigenvalue weighted by atomic mass is 10.2. The van der Waals surface area contributed by atoms with Crippen LogP contribution in [0.5, 0.6) is 0 Å². The molecule has 1 aromatic rings. The average Bonchev–Trinajstić information content (AvgIpc) is 2.65. The van der Waals surface area contributed by atoms with Gasteiger partial charge in [0.1, 0.15) is 0 Å². The van der Waals surface area contributed by atoms with Crippen molar-refractivity contribution in [3.05, 3.63) is 29.3 Å². The Bertz CT molecular complexity index is 614. The van der Waals surface area contributed by atoms with Crippen LogP contribution in [0.4, 0.5) is 5.69 Å². The molecular weight excluding hydrogens is 350 g/mol. The van der Waals surface area contributed by atoms with E-state index in [0.717, 1.165) is 49.3 Å². The number of aliphatic imine (C=N–C) groups is 1. The molecule has 0 aliphatic carbocycles. The minimum Gasteiger partial charge on any atom is -0.368 e. The van der Waals surface area contributed by atoms with Gasteiger partial charge in [0.15, 0.2) is 5.96 Å². The van der Waals surface area contributed by atoms with Crippen molar-refractivity contribution in [1.82, 2.24) is 15.5 Å². The summed E-state index contributed by atoms with van der Waals surface area (Å²) in [7, 11) is 1.78. The van der Waals surface area contributed by atoms with Gasteiger partial charge in [-0.2, -0.15) is 0 Å². The monoisotopic (exact) mass is 379 g/mol. The maximum atomic E-state index is 11.9. The highest BCUT2D eigenvalue weighted by atomic mass is 35.5. The predicted octanol–water partition coefficient (Wildman–Crippen LogP) is 2.34. The van der Waals surface area contributed by atoms with Crippen LogP contribution in [0.25, 0.3) is 0 Å². The number of carbonyl (C=O) groups is 1. The van der Waals surface area contributed by atoms with Gasteiger partial charge < -0.3 is 20.4 Å². The topological polar surface area (TPSA) is 60.0 Å². The molecule has 26 heavy (non-hydrogen) atoms. The van der Waals surface area contributed by atoms with Crippen LogP contribution in [0, 0.1) is 0 Å². The van der Waals surface area contributed by atoms with Gasteiger partial charge in [-0.15, -0.1) is 0 Å². The summed E-state index contributed by atoms with van der Waals surface area (Å²) in [5.41, 5.74) is 1.15. The van der Waals surface area contributed by atoms with E-state index in [-0.39, 0.29) is 11.9 Å². The number of anilines is 1. The molecular formula is C19H30ClN5O. The van der Waals surface area contributed by atoms with E-state index < -0.39 is 0 Å². The molecule has 1 aliphatic rings. The lowest BCUT2D eigenvalue weighted by Crippen LogP contribution is -2.53. The third-order valence-electron chi connectivity index (χ3n) is 4.62. The van der Waals surface area contributed by atoms with Gasteiger partial charge >= 0.3 is 0 Å². The van der Waals surface area contributed by atoms with E-state index in [0.29, 0.717) is 13.0 Å². The number of piperazine rings is 1. The molecule has 1 fully saturated rings. The Balaban J connectivity index is 1.77. The first-order chi connectivity index (χ1) is 12.5. The second-order valence-corrected chi connectivity index (χ2v) is 6.99. The molecule has 1 aliphatic heterocycles. The van der Waals surface area contributed by atoms with Crippen LogP contribution in [-0.2, 0) is 4.79 Å². The number of carbonyl (C=O) groups excluding carboxylic acids is 1. The van der Waals surface area contributed by atoms with Crippen molar-refractivity contribution in [3.8, 4) is 0 Å². The van der Waals surface area contributed by atoms with Gasteiger partial charge in [0.2, 0.25) is 5.91 Å². The fourth-order valence-electron chi connectivity index (χ4n) is 2.92. The van der Waals surface area contributed by atoms with Crippen LogP contribution >= 0.6 is 11.6 Å². The van der Waals surface area contributed by atoms with E-state index in [1.54, 1.807) is 7.05 Å². The van der Waals surface area contributed by atoms with E-state index in [2.05, 4.69) is 38.4 Å². The summed E-state index contributed by atoms with van der Waals surface area (Å²) >= 11 is 6.09. The molecule has 7 heteroatoms. The van der Waals surface area contributed by atoms with Crippen LogP contribution in [0.2, 0.25) is 5.02 Å². The van der Waals surface area contributed by atoms with Gasteiger partial charge in [-0.25, -0.2) is 0 Å². The third kappa shape index (κ3) is 6.09. The Hall–Kier alpha value is -1.95. The molecule has 1 atom stereocenters. The third-order valence-corrected chi connectivity index (χ3v) is 4.85. The van der Waals surface area contributed by atoms with Gasteiger partial charge in [-0.05, 0) is 31.5 Å². The number of hydrogen-bond acceptors (Lipinski definition) is 3. The van der Waals surface area contributed by atoms with E-state index in [1.165, 1.54) is 0 Å². The number of benzene rings is 1. The lowest BCUT2D eigenvalue weighted by molar-refractivity contribution is -0.121. The van der Waals surface area contributed by atoms with Crippen molar-refractivity contribution in [2.45, 2.75) is 32.7 Å². The quantitative estimate of drug-likeness (QED) is 0.588. The van der Waals surface area contributed by atoms with Gasteiger partial charge in [0.05, 0.1) is 0 Å². The first kappa shape index (κ1) is 20.4. The Morgan fingerprint density at radius 3 is 2.65 bits per heavy atom. The lowest BCUT2D eigenvalue weighted by Gasteiger charge is -2.37. The minimum atomic E-state index is 0.0769. The first-order valence-corrected chi connectivity index (χ1v) is 9.66. The molecule has 0 radical (unpaired) electrons. The maximum Gasteiger partial charge on any atom is 0.221 e. The number of hydrogen-bond donors (Lipinski definition) is 2. The summed E-state index contributed by atoms with van der Waals surface area (Å²) in [6.07, 6.45) is 1.39. The number of guanidine groups is 1. The van der Waals surface area contributed by atoms with Crippen molar-refractivity contribution in [1.29, 1.82) is 0 Å². The number of rotatable bonds is 6. The summed E-state index contributed by atoms with van der Waals surface area (Å²) in [6.45, 7) is 8.25. The highest BCUT2D eigenvalue weighted by Crippen LogP contribution is 2.20. The van der Waals surface area contributed by atoms with Crippen LogP contribution < -0.4 is 15.5 Å². The number of halogens is 1. The zero-order chi connectivity index (χ0) is 18.9. The molecule has 0 bridgehead atoms. The van der Waals surface area contributed by atoms with E-state index in [1.807, 2.05) is 25.1 Å². The van der Waals surface area contributed by atoms with Crippen molar-refractivity contribution in [3.63, 3.8) is 0 Å². The average molecular weight is 380 g/mol.